The first-order valence-electron chi connectivity index (χ1n) is 4.03. The van der Waals surface area contributed by atoms with Gasteiger partial charge in [0.05, 0.1) is 6.61 Å². The Morgan fingerprint density at radius 3 is 2.43 bits per heavy atom. The Hall–Kier alpha value is -2.20. The van der Waals surface area contributed by atoms with E-state index in [1.807, 2.05) is 6.07 Å². The van der Waals surface area contributed by atoms with Crippen molar-refractivity contribution in [2.75, 3.05) is 6.61 Å². The predicted octanol–water partition coefficient (Wildman–Crippen LogP) is 1.53. The first kappa shape index (κ1) is 9.88. The summed E-state index contributed by atoms with van der Waals surface area (Å²) in [6.07, 6.45) is 0. The Morgan fingerprint density at radius 1 is 1.29 bits per heavy atom. The Labute approximate surface area is 81.6 Å². The van der Waals surface area contributed by atoms with Crippen LogP contribution >= 0.6 is 0 Å². The van der Waals surface area contributed by atoms with Crippen LogP contribution in [0.5, 0.6) is 11.5 Å². The molecule has 0 aliphatic heterocycles. The summed E-state index contributed by atoms with van der Waals surface area (Å²) in [6, 6.07) is 6.40. The molecule has 0 atom stereocenters. The van der Waals surface area contributed by atoms with Crippen molar-refractivity contribution in [3.05, 3.63) is 23.3 Å². The lowest BCUT2D eigenvalue weighted by Gasteiger charge is -2.06. The third-order valence-corrected chi connectivity index (χ3v) is 1.67. The van der Waals surface area contributed by atoms with Gasteiger partial charge in [0.1, 0.15) is 34.8 Å². The van der Waals surface area contributed by atoms with Gasteiger partial charge in [0.15, 0.2) is 0 Å². The van der Waals surface area contributed by atoms with Crippen molar-refractivity contribution < 1.29 is 9.84 Å². The number of ether oxygens (including phenoxy) is 1. The molecule has 0 aromatic heterocycles. The van der Waals surface area contributed by atoms with E-state index in [4.69, 9.17) is 15.3 Å². The highest BCUT2D eigenvalue weighted by atomic mass is 16.5. The van der Waals surface area contributed by atoms with Gasteiger partial charge in [0.2, 0.25) is 0 Å². The minimum absolute atomic E-state index is 0.0431. The van der Waals surface area contributed by atoms with Gasteiger partial charge in [-0.25, -0.2) is 0 Å². The minimum Gasteiger partial charge on any atom is -0.507 e. The van der Waals surface area contributed by atoms with E-state index in [0.717, 1.165) is 0 Å². The molecule has 4 nitrogen and oxygen atoms in total. The molecular weight excluding hydrogens is 180 g/mol. The number of benzene rings is 1. The van der Waals surface area contributed by atoms with Crippen LogP contribution in [0.4, 0.5) is 0 Å². The fourth-order valence-electron chi connectivity index (χ4n) is 1.07. The third kappa shape index (κ3) is 1.60. The van der Waals surface area contributed by atoms with E-state index in [1.165, 1.54) is 12.1 Å². The van der Waals surface area contributed by atoms with Crippen molar-refractivity contribution >= 4 is 0 Å². The molecule has 0 heterocycles. The fraction of sp³-hybridized carbons (Fsp3) is 0.200. The number of nitrogens with zero attached hydrogens (tertiary/aromatic N) is 2. The monoisotopic (exact) mass is 188 g/mol. The Kier molecular flexibility index (Phi) is 2.93. The van der Waals surface area contributed by atoms with E-state index in [2.05, 4.69) is 0 Å². The zero-order valence-corrected chi connectivity index (χ0v) is 7.61. The van der Waals surface area contributed by atoms with Gasteiger partial charge in [-0.2, -0.15) is 10.5 Å². The highest BCUT2D eigenvalue weighted by Crippen LogP contribution is 2.28. The van der Waals surface area contributed by atoms with Gasteiger partial charge in [-0.15, -0.1) is 0 Å². The Bertz CT molecular complexity index is 427. The van der Waals surface area contributed by atoms with E-state index in [0.29, 0.717) is 12.4 Å². The molecule has 4 heteroatoms. The molecule has 0 fully saturated rings. The molecule has 1 N–H and O–H groups in total. The smallest absolute Gasteiger partial charge is 0.138 e. The highest BCUT2D eigenvalue weighted by molar-refractivity contribution is 5.59. The van der Waals surface area contributed by atoms with Gasteiger partial charge in [-0.05, 0) is 19.1 Å². The maximum atomic E-state index is 9.29. The van der Waals surface area contributed by atoms with Gasteiger partial charge >= 0.3 is 0 Å². The second-order valence-electron chi connectivity index (χ2n) is 2.49. The van der Waals surface area contributed by atoms with Crippen molar-refractivity contribution in [3.63, 3.8) is 0 Å². The number of nitriles is 2. The van der Waals surface area contributed by atoms with Crippen LogP contribution in [0.15, 0.2) is 12.1 Å². The van der Waals surface area contributed by atoms with E-state index in [-0.39, 0.29) is 16.9 Å². The molecule has 0 aliphatic rings. The standard InChI is InChI=1S/C10H8N2O2/c1-2-14-10-4-3-9(13)7(5-11)8(10)6-12/h3-4,13H,2H2,1H3. The minimum atomic E-state index is -0.201. The number of phenols is 1. The number of phenolic OH excluding ortho intramolecular Hbond substituents is 1. The van der Waals surface area contributed by atoms with Crippen LogP contribution in [-0.2, 0) is 0 Å². The number of hydrogen-bond donors (Lipinski definition) is 1. The van der Waals surface area contributed by atoms with Gasteiger partial charge < -0.3 is 9.84 Å². The normalized spacial score (nSPS) is 8.79. The number of rotatable bonds is 2. The Balaban J connectivity index is 3.37. The number of aromatic hydroxyl groups is 1. The average Bonchev–Trinajstić information content (AvgIpc) is 2.20. The first-order valence-corrected chi connectivity index (χ1v) is 4.03. The molecule has 1 rings (SSSR count). The van der Waals surface area contributed by atoms with Crippen molar-refractivity contribution in [3.8, 4) is 23.6 Å². The second kappa shape index (κ2) is 4.15. The van der Waals surface area contributed by atoms with Crippen LogP contribution in [0.3, 0.4) is 0 Å². The van der Waals surface area contributed by atoms with Crippen molar-refractivity contribution in [2.24, 2.45) is 0 Å². The zero-order valence-electron chi connectivity index (χ0n) is 7.61. The molecule has 0 unspecified atom stereocenters. The second-order valence-corrected chi connectivity index (χ2v) is 2.49. The zero-order chi connectivity index (χ0) is 10.6. The van der Waals surface area contributed by atoms with E-state index in [1.54, 1.807) is 13.0 Å². The van der Waals surface area contributed by atoms with Crippen LogP contribution < -0.4 is 4.74 Å². The molecule has 14 heavy (non-hydrogen) atoms. The number of hydrogen-bond acceptors (Lipinski definition) is 4. The lowest BCUT2D eigenvalue weighted by Crippen LogP contribution is -1.96. The molecule has 0 amide bonds. The van der Waals surface area contributed by atoms with Gasteiger partial charge in [0, 0.05) is 0 Å². The summed E-state index contributed by atoms with van der Waals surface area (Å²) < 4.78 is 5.14. The van der Waals surface area contributed by atoms with Crippen molar-refractivity contribution in [1.29, 1.82) is 10.5 Å². The SMILES string of the molecule is CCOc1ccc(O)c(C#N)c1C#N. The van der Waals surface area contributed by atoms with E-state index >= 15 is 0 Å². The summed E-state index contributed by atoms with van der Waals surface area (Å²) in [5, 5.41) is 26.8. The van der Waals surface area contributed by atoms with Crippen molar-refractivity contribution in [1.82, 2.24) is 0 Å². The lowest BCUT2D eigenvalue weighted by atomic mass is 10.1. The largest absolute Gasteiger partial charge is 0.507 e. The van der Waals surface area contributed by atoms with Crippen molar-refractivity contribution in [2.45, 2.75) is 6.92 Å². The van der Waals surface area contributed by atoms with Crippen LogP contribution in [0.1, 0.15) is 18.1 Å². The average molecular weight is 188 g/mol. The summed E-state index contributed by atoms with van der Waals surface area (Å²) in [5.41, 5.74) is 0.0350. The third-order valence-electron chi connectivity index (χ3n) is 1.67. The molecule has 0 bridgehead atoms. The summed E-state index contributed by atoms with van der Waals surface area (Å²) in [5.74, 6) is 0.122. The predicted molar refractivity (Wildman–Crippen MR) is 48.7 cm³/mol. The van der Waals surface area contributed by atoms with E-state index in [9.17, 15) is 5.11 Å². The topological polar surface area (TPSA) is 77.0 Å². The first-order chi connectivity index (χ1) is 6.74. The summed E-state index contributed by atoms with van der Waals surface area (Å²) in [6.45, 7) is 2.18. The summed E-state index contributed by atoms with van der Waals surface area (Å²) >= 11 is 0. The van der Waals surface area contributed by atoms with Gasteiger partial charge in [-0.1, -0.05) is 0 Å². The summed E-state index contributed by atoms with van der Waals surface area (Å²) in [7, 11) is 0. The molecule has 1 aromatic carbocycles. The molecule has 0 saturated carbocycles. The maximum absolute atomic E-state index is 9.29. The Morgan fingerprint density at radius 2 is 1.93 bits per heavy atom. The van der Waals surface area contributed by atoms with Crippen LogP contribution in [-0.4, -0.2) is 11.7 Å². The molecular formula is C10H8N2O2. The fourth-order valence-corrected chi connectivity index (χ4v) is 1.07. The maximum Gasteiger partial charge on any atom is 0.138 e. The van der Waals surface area contributed by atoms with Crippen LogP contribution in [0, 0.1) is 22.7 Å². The van der Waals surface area contributed by atoms with Crippen LogP contribution in [0.25, 0.3) is 0 Å². The van der Waals surface area contributed by atoms with Gasteiger partial charge in [-0.3, -0.25) is 0 Å². The molecule has 0 spiro atoms. The van der Waals surface area contributed by atoms with E-state index < -0.39 is 0 Å². The molecule has 0 saturated heterocycles. The quantitative estimate of drug-likeness (QED) is 0.763. The lowest BCUT2D eigenvalue weighted by molar-refractivity contribution is 0.338. The van der Waals surface area contributed by atoms with Crippen LogP contribution in [0.2, 0.25) is 0 Å². The van der Waals surface area contributed by atoms with Gasteiger partial charge in [0.25, 0.3) is 0 Å². The summed E-state index contributed by atoms with van der Waals surface area (Å²) in [4.78, 5) is 0. The molecule has 0 aliphatic carbocycles. The molecule has 0 radical (unpaired) electrons. The molecule has 1 aromatic rings. The highest BCUT2D eigenvalue weighted by Gasteiger charge is 2.12. The molecule has 70 valence electrons.